The summed E-state index contributed by atoms with van der Waals surface area (Å²) in [5.41, 5.74) is 4.42. The van der Waals surface area contributed by atoms with E-state index in [1.165, 1.54) is 5.56 Å². The third-order valence-corrected chi connectivity index (χ3v) is 4.09. The van der Waals surface area contributed by atoms with Crippen LogP contribution in [0.15, 0.2) is 48.9 Å². The van der Waals surface area contributed by atoms with Crippen molar-refractivity contribution in [3.05, 3.63) is 60.0 Å². The van der Waals surface area contributed by atoms with E-state index in [9.17, 15) is 0 Å². The molecule has 1 aliphatic rings. The van der Waals surface area contributed by atoms with Crippen LogP contribution in [0.3, 0.4) is 0 Å². The van der Waals surface area contributed by atoms with Gasteiger partial charge >= 0.3 is 0 Å². The Bertz CT molecular complexity index is 857. The summed E-state index contributed by atoms with van der Waals surface area (Å²) in [4.78, 5) is 4.45. The van der Waals surface area contributed by atoms with Gasteiger partial charge in [-0.3, -0.25) is 4.68 Å². The van der Waals surface area contributed by atoms with Crippen LogP contribution in [0.1, 0.15) is 17.5 Å². The molecule has 0 aliphatic carbocycles. The molecule has 0 radical (unpaired) electrons. The molecule has 24 heavy (non-hydrogen) atoms. The van der Waals surface area contributed by atoms with E-state index in [1.807, 2.05) is 43.8 Å². The summed E-state index contributed by atoms with van der Waals surface area (Å²) in [5.74, 6) is 1.61. The first-order chi connectivity index (χ1) is 11.8. The highest BCUT2D eigenvalue weighted by atomic mass is 16.5. The zero-order valence-corrected chi connectivity index (χ0v) is 13.6. The molecule has 2 aromatic heterocycles. The van der Waals surface area contributed by atoms with Crippen molar-refractivity contribution in [1.29, 1.82) is 0 Å². The summed E-state index contributed by atoms with van der Waals surface area (Å²) < 4.78 is 13.2. The van der Waals surface area contributed by atoms with E-state index in [0.717, 1.165) is 47.8 Å². The van der Waals surface area contributed by atoms with Crippen molar-refractivity contribution in [2.24, 2.45) is 7.05 Å². The van der Waals surface area contributed by atoms with Gasteiger partial charge in [-0.15, -0.1) is 0 Å². The smallest absolute Gasteiger partial charge is 0.216 e. The van der Waals surface area contributed by atoms with Crippen molar-refractivity contribution >= 4 is 0 Å². The Morgan fingerprint density at radius 1 is 1.21 bits per heavy atom. The van der Waals surface area contributed by atoms with Crippen LogP contribution in [-0.4, -0.2) is 21.4 Å². The molecule has 4 rings (SSSR count). The summed E-state index contributed by atoms with van der Waals surface area (Å²) >= 11 is 0. The molecule has 0 saturated heterocycles. The van der Waals surface area contributed by atoms with Crippen LogP contribution in [0.25, 0.3) is 11.1 Å². The van der Waals surface area contributed by atoms with Gasteiger partial charge in [0.25, 0.3) is 0 Å². The van der Waals surface area contributed by atoms with Gasteiger partial charge < -0.3 is 9.47 Å². The van der Waals surface area contributed by atoms with Crippen LogP contribution in [0, 0.1) is 0 Å². The van der Waals surface area contributed by atoms with Crippen LogP contribution < -0.4 is 9.47 Å². The maximum atomic E-state index is 5.88. The van der Waals surface area contributed by atoms with Gasteiger partial charge in [0, 0.05) is 36.1 Å². The Morgan fingerprint density at radius 2 is 2.17 bits per heavy atom. The van der Waals surface area contributed by atoms with Crippen molar-refractivity contribution in [3.63, 3.8) is 0 Å². The minimum Gasteiger partial charge on any atom is -0.489 e. The molecule has 0 fully saturated rings. The third kappa shape index (κ3) is 3.11. The lowest BCUT2D eigenvalue weighted by Crippen LogP contribution is -2.09. The Kier molecular flexibility index (Phi) is 3.91. The van der Waals surface area contributed by atoms with Gasteiger partial charge in [0.05, 0.1) is 12.8 Å². The molecule has 3 aromatic rings. The quantitative estimate of drug-likeness (QED) is 0.739. The summed E-state index contributed by atoms with van der Waals surface area (Å²) in [6, 6.07) is 10.3. The Morgan fingerprint density at radius 3 is 3.04 bits per heavy atom. The predicted molar refractivity (Wildman–Crippen MR) is 91.0 cm³/mol. The fraction of sp³-hybridized carbons (Fsp3) is 0.263. The number of hydrogen-bond acceptors (Lipinski definition) is 4. The molecule has 0 saturated carbocycles. The fourth-order valence-corrected chi connectivity index (χ4v) is 2.87. The lowest BCUT2D eigenvalue weighted by molar-refractivity contribution is 0.276. The van der Waals surface area contributed by atoms with E-state index < -0.39 is 0 Å². The van der Waals surface area contributed by atoms with Crippen molar-refractivity contribution in [2.45, 2.75) is 19.4 Å². The summed E-state index contributed by atoms with van der Waals surface area (Å²) in [7, 11) is 1.90. The van der Waals surface area contributed by atoms with Crippen molar-refractivity contribution < 1.29 is 9.47 Å². The lowest BCUT2D eigenvalue weighted by Gasteiger charge is -2.16. The van der Waals surface area contributed by atoms with Gasteiger partial charge in [0.1, 0.15) is 12.4 Å². The number of benzene rings is 1. The second-order valence-corrected chi connectivity index (χ2v) is 5.98. The molecule has 0 unspecified atom stereocenters. The normalized spacial score (nSPS) is 13.2. The average Bonchev–Trinajstić information content (AvgIpc) is 3.05. The summed E-state index contributed by atoms with van der Waals surface area (Å²) in [5, 5.41) is 4.15. The lowest BCUT2D eigenvalue weighted by atomic mass is 10.0. The largest absolute Gasteiger partial charge is 0.489 e. The van der Waals surface area contributed by atoms with Gasteiger partial charge in [-0.05, 0) is 36.6 Å². The Labute approximate surface area is 140 Å². The minimum atomic E-state index is 0.508. The van der Waals surface area contributed by atoms with E-state index in [0.29, 0.717) is 6.61 Å². The topological polar surface area (TPSA) is 49.2 Å². The van der Waals surface area contributed by atoms with E-state index in [2.05, 4.69) is 22.2 Å². The van der Waals surface area contributed by atoms with Gasteiger partial charge in [-0.25, -0.2) is 4.98 Å². The van der Waals surface area contributed by atoms with E-state index >= 15 is 0 Å². The molecular weight excluding hydrogens is 302 g/mol. The summed E-state index contributed by atoms with van der Waals surface area (Å²) in [6.07, 6.45) is 7.71. The van der Waals surface area contributed by atoms with Crippen LogP contribution in [0.2, 0.25) is 0 Å². The van der Waals surface area contributed by atoms with Crippen LogP contribution in [0.4, 0.5) is 0 Å². The predicted octanol–water partition coefficient (Wildman–Crippen LogP) is 3.39. The molecule has 1 aliphatic heterocycles. The van der Waals surface area contributed by atoms with Crippen molar-refractivity contribution in [2.75, 3.05) is 6.61 Å². The van der Waals surface area contributed by atoms with Gasteiger partial charge in [-0.1, -0.05) is 12.1 Å². The van der Waals surface area contributed by atoms with E-state index in [4.69, 9.17) is 9.47 Å². The molecule has 0 atom stereocenters. The first-order valence-corrected chi connectivity index (χ1v) is 8.10. The number of nitrogens with zero attached hydrogens (tertiary/aromatic N) is 3. The minimum absolute atomic E-state index is 0.508. The molecule has 0 bridgehead atoms. The van der Waals surface area contributed by atoms with E-state index in [-0.39, 0.29) is 0 Å². The number of hydrogen-bond donors (Lipinski definition) is 0. The van der Waals surface area contributed by atoms with Crippen LogP contribution >= 0.6 is 0 Å². The standard InChI is InChI=1S/C19H19N3O2/c1-22-12-14(10-21-22)13-24-18-6-2-4-15(9-18)17-8-16-5-3-7-23-19(16)20-11-17/h2,4,6,8-12H,3,5,7,13H2,1H3. The molecule has 0 N–H and O–H groups in total. The van der Waals surface area contributed by atoms with Gasteiger partial charge in [-0.2, -0.15) is 5.10 Å². The molecule has 0 amide bonds. The number of aryl methyl sites for hydroxylation is 2. The molecule has 0 spiro atoms. The Balaban J connectivity index is 1.53. The van der Waals surface area contributed by atoms with Crippen LogP contribution in [-0.2, 0) is 20.1 Å². The van der Waals surface area contributed by atoms with Gasteiger partial charge in [0.15, 0.2) is 0 Å². The number of pyridine rings is 1. The zero-order chi connectivity index (χ0) is 16.4. The summed E-state index contributed by atoms with van der Waals surface area (Å²) in [6.45, 7) is 1.27. The second kappa shape index (κ2) is 6.35. The molecule has 5 nitrogen and oxygen atoms in total. The number of aromatic nitrogens is 3. The molecule has 1 aromatic carbocycles. The Hall–Kier alpha value is -2.82. The molecule has 122 valence electrons. The first-order valence-electron chi connectivity index (χ1n) is 8.10. The fourth-order valence-electron chi connectivity index (χ4n) is 2.87. The number of ether oxygens (including phenoxy) is 2. The van der Waals surface area contributed by atoms with Crippen molar-refractivity contribution in [1.82, 2.24) is 14.8 Å². The maximum Gasteiger partial charge on any atom is 0.216 e. The third-order valence-electron chi connectivity index (χ3n) is 4.09. The van der Waals surface area contributed by atoms with E-state index in [1.54, 1.807) is 4.68 Å². The maximum absolute atomic E-state index is 5.88. The monoisotopic (exact) mass is 321 g/mol. The number of rotatable bonds is 4. The second-order valence-electron chi connectivity index (χ2n) is 5.98. The first kappa shape index (κ1) is 14.8. The molecule has 3 heterocycles. The van der Waals surface area contributed by atoms with Crippen molar-refractivity contribution in [3.8, 4) is 22.8 Å². The highest BCUT2D eigenvalue weighted by Gasteiger charge is 2.13. The SMILES string of the molecule is Cn1cc(COc2cccc(-c3cnc4c(c3)CCCO4)c2)cn1. The van der Waals surface area contributed by atoms with Gasteiger partial charge in [0.2, 0.25) is 5.88 Å². The highest BCUT2D eigenvalue weighted by molar-refractivity contribution is 5.65. The zero-order valence-electron chi connectivity index (χ0n) is 13.6. The average molecular weight is 321 g/mol. The number of fused-ring (bicyclic) bond motifs is 1. The molecular formula is C19H19N3O2. The molecule has 5 heteroatoms. The van der Waals surface area contributed by atoms with Crippen LogP contribution in [0.5, 0.6) is 11.6 Å². The highest BCUT2D eigenvalue weighted by Crippen LogP contribution is 2.29.